The first kappa shape index (κ1) is 21.2. The number of carbonyl (C=O) groups is 1. The molecule has 30 heavy (non-hydrogen) atoms. The number of methoxy groups -OCH3 is 2. The molecule has 0 aliphatic rings. The van der Waals surface area contributed by atoms with Crippen LogP contribution in [0.1, 0.15) is 32.6 Å². The Bertz CT molecular complexity index is 991. The van der Waals surface area contributed by atoms with Crippen molar-refractivity contribution in [1.82, 2.24) is 0 Å². The highest BCUT2D eigenvalue weighted by molar-refractivity contribution is 5.96. The van der Waals surface area contributed by atoms with Crippen LogP contribution in [0.4, 0.5) is 0 Å². The normalized spacial score (nSPS) is 10.4. The molecule has 156 valence electrons. The summed E-state index contributed by atoms with van der Waals surface area (Å²) in [4.78, 5) is 12.9. The number of benzene rings is 3. The third kappa shape index (κ3) is 5.32. The molecule has 0 aromatic heterocycles. The van der Waals surface area contributed by atoms with E-state index in [1.54, 1.807) is 19.2 Å². The summed E-state index contributed by atoms with van der Waals surface area (Å²) >= 11 is 0. The zero-order chi connectivity index (χ0) is 21.5. The zero-order valence-electron chi connectivity index (χ0n) is 17.7. The van der Waals surface area contributed by atoms with Gasteiger partial charge < -0.3 is 18.9 Å². The van der Waals surface area contributed by atoms with Crippen LogP contribution >= 0.6 is 0 Å². The van der Waals surface area contributed by atoms with Crippen molar-refractivity contribution < 1.29 is 23.7 Å². The Labute approximate surface area is 177 Å². The Morgan fingerprint density at radius 3 is 1.80 bits per heavy atom. The summed E-state index contributed by atoms with van der Waals surface area (Å²) in [7, 11) is 3.04. The Balaban J connectivity index is 1.83. The molecule has 5 nitrogen and oxygen atoms in total. The standard InChI is InChI=1S/C25H26O5/c1-17-5-9-19(10-6-17)15-29-23-14-21(27-3)13-22(28-4)24(23)25(26)30-16-20-11-7-18(2)8-12-20/h5-14H,15-16H2,1-4H3. The van der Waals surface area contributed by atoms with Crippen molar-refractivity contribution in [3.63, 3.8) is 0 Å². The van der Waals surface area contributed by atoms with Gasteiger partial charge in [-0.15, -0.1) is 0 Å². The lowest BCUT2D eigenvalue weighted by Gasteiger charge is -2.16. The van der Waals surface area contributed by atoms with Crippen LogP contribution in [0.15, 0.2) is 60.7 Å². The van der Waals surface area contributed by atoms with Crippen LogP contribution in [0.2, 0.25) is 0 Å². The van der Waals surface area contributed by atoms with Crippen LogP contribution in [0.5, 0.6) is 17.2 Å². The molecule has 0 amide bonds. The van der Waals surface area contributed by atoms with Crippen molar-refractivity contribution in [2.24, 2.45) is 0 Å². The van der Waals surface area contributed by atoms with Gasteiger partial charge in [0.25, 0.3) is 0 Å². The van der Waals surface area contributed by atoms with Crippen molar-refractivity contribution in [3.05, 3.63) is 88.5 Å². The van der Waals surface area contributed by atoms with E-state index in [0.29, 0.717) is 23.9 Å². The monoisotopic (exact) mass is 406 g/mol. The first-order chi connectivity index (χ1) is 14.5. The Hall–Kier alpha value is -3.47. The van der Waals surface area contributed by atoms with E-state index in [9.17, 15) is 4.79 Å². The second kappa shape index (κ2) is 9.83. The largest absolute Gasteiger partial charge is 0.496 e. The summed E-state index contributed by atoms with van der Waals surface area (Å²) in [6, 6.07) is 19.1. The highest BCUT2D eigenvalue weighted by Gasteiger charge is 2.22. The maximum atomic E-state index is 12.9. The van der Waals surface area contributed by atoms with E-state index in [-0.39, 0.29) is 12.2 Å². The molecule has 0 radical (unpaired) electrons. The third-order valence-electron chi connectivity index (χ3n) is 4.70. The van der Waals surface area contributed by atoms with Gasteiger partial charge in [0.15, 0.2) is 0 Å². The predicted molar refractivity (Wildman–Crippen MR) is 115 cm³/mol. The van der Waals surface area contributed by atoms with Crippen LogP contribution < -0.4 is 14.2 Å². The van der Waals surface area contributed by atoms with Crippen molar-refractivity contribution >= 4 is 5.97 Å². The van der Waals surface area contributed by atoms with Gasteiger partial charge in [-0.1, -0.05) is 59.7 Å². The fraction of sp³-hybridized carbons (Fsp3) is 0.240. The van der Waals surface area contributed by atoms with E-state index in [1.165, 1.54) is 12.7 Å². The van der Waals surface area contributed by atoms with Gasteiger partial charge in [-0.3, -0.25) is 0 Å². The number of hydrogen-bond acceptors (Lipinski definition) is 5. The molecular formula is C25H26O5. The minimum atomic E-state index is -0.519. The summed E-state index contributed by atoms with van der Waals surface area (Å²) in [5.74, 6) is 0.692. The van der Waals surface area contributed by atoms with Gasteiger partial charge in [-0.2, -0.15) is 0 Å². The molecule has 3 aromatic rings. The van der Waals surface area contributed by atoms with Crippen molar-refractivity contribution in [2.75, 3.05) is 14.2 Å². The summed E-state index contributed by atoms with van der Waals surface area (Å²) in [5.41, 5.74) is 4.44. The molecule has 0 heterocycles. The molecule has 0 bridgehead atoms. The molecule has 0 N–H and O–H groups in total. The van der Waals surface area contributed by atoms with Crippen LogP contribution in [0.3, 0.4) is 0 Å². The SMILES string of the molecule is COc1cc(OC)c(C(=O)OCc2ccc(C)cc2)c(OCc2ccc(C)cc2)c1. The lowest BCUT2D eigenvalue weighted by atomic mass is 10.1. The first-order valence-electron chi connectivity index (χ1n) is 9.67. The van der Waals surface area contributed by atoms with Gasteiger partial charge in [0.2, 0.25) is 0 Å². The molecule has 0 atom stereocenters. The fourth-order valence-corrected chi connectivity index (χ4v) is 2.91. The highest BCUT2D eigenvalue weighted by atomic mass is 16.5. The summed E-state index contributed by atoms with van der Waals surface area (Å²) in [6.07, 6.45) is 0. The average molecular weight is 406 g/mol. The molecule has 0 fully saturated rings. The van der Waals surface area contributed by atoms with Crippen LogP contribution in [0, 0.1) is 13.8 Å². The maximum Gasteiger partial charge on any atom is 0.346 e. The number of esters is 1. The second-order valence-electron chi connectivity index (χ2n) is 7.04. The van der Waals surface area contributed by atoms with Gasteiger partial charge in [-0.05, 0) is 25.0 Å². The number of hydrogen-bond donors (Lipinski definition) is 0. The summed E-state index contributed by atoms with van der Waals surface area (Å²) in [5, 5.41) is 0. The van der Waals surface area contributed by atoms with Gasteiger partial charge in [-0.25, -0.2) is 4.79 Å². The predicted octanol–water partition coefficient (Wildman–Crippen LogP) is 5.26. The van der Waals surface area contributed by atoms with E-state index in [1.807, 2.05) is 62.4 Å². The van der Waals surface area contributed by atoms with E-state index < -0.39 is 5.97 Å². The lowest BCUT2D eigenvalue weighted by molar-refractivity contribution is 0.0463. The van der Waals surface area contributed by atoms with E-state index in [2.05, 4.69) is 0 Å². The molecule has 0 saturated carbocycles. The minimum absolute atomic E-state index is 0.158. The highest BCUT2D eigenvalue weighted by Crippen LogP contribution is 2.35. The summed E-state index contributed by atoms with van der Waals surface area (Å²) in [6.45, 7) is 4.50. The Morgan fingerprint density at radius 1 is 0.733 bits per heavy atom. The van der Waals surface area contributed by atoms with Crippen LogP contribution in [-0.2, 0) is 18.0 Å². The van der Waals surface area contributed by atoms with Gasteiger partial charge in [0.1, 0.15) is 36.0 Å². The number of aryl methyl sites for hydroxylation is 2. The van der Waals surface area contributed by atoms with Crippen LogP contribution in [0.25, 0.3) is 0 Å². The molecule has 0 saturated heterocycles. The van der Waals surface area contributed by atoms with Gasteiger partial charge >= 0.3 is 5.97 Å². The van der Waals surface area contributed by atoms with E-state index in [4.69, 9.17) is 18.9 Å². The van der Waals surface area contributed by atoms with Gasteiger partial charge in [0, 0.05) is 12.1 Å². The number of rotatable bonds is 8. The van der Waals surface area contributed by atoms with Gasteiger partial charge in [0.05, 0.1) is 14.2 Å². The third-order valence-corrected chi connectivity index (χ3v) is 4.70. The van der Waals surface area contributed by atoms with Crippen molar-refractivity contribution in [2.45, 2.75) is 27.1 Å². The molecular weight excluding hydrogens is 380 g/mol. The van der Waals surface area contributed by atoms with E-state index in [0.717, 1.165) is 16.7 Å². The molecule has 3 aromatic carbocycles. The van der Waals surface area contributed by atoms with Crippen LogP contribution in [-0.4, -0.2) is 20.2 Å². The smallest absolute Gasteiger partial charge is 0.346 e. The first-order valence-corrected chi connectivity index (χ1v) is 9.67. The lowest BCUT2D eigenvalue weighted by Crippen LogP contribution is -2.10. The molecule has 0 spiro atoms. The average Bonchev–Trinajstić information content (AvgIpc) is 2.77. The molecule has 0 unspecified atom stereocenters. The quantitative estimate of drug-likeness (QED) is 0.478. The van der Waals surface area contributed by atoms with E-state index >= 15 is 0 Å². The Morgan fingerprint density at radius 2 is 1.27 bits per heavy atom. The fourth-order valence-electron chi connectivity index (χ4n) is 2.91. The molecule has 3 rings (SSSR count). The van der Waals surface area contributed by atoms with Crippen molar-refractivity contribution in [3.8, 4) is 17.2 Å². The van der Waals surface area contributed by atoms with Crippen molar-refractivity contribution in [1.29, 1.82) is 0 Å². The maximum absolute atomic E-state index is 12.9. The number of carbonyl (C=O) groups excluding carboxylic acids is 1. The Kier molecular flexibility index (Phi) is 6.96. The minimum Gasteiger partial charge on any atom is -0.496 e. The number of ether oxygens (including phenoxy) is 4. The molecule has 5 heteroatoms. The second-order valence-corrected chi connectivity index (χ2v) is 7.04. The molecule has 0 aliphatic carbocycles. The molecule has 0 aliphatic heterocycles. The topological polar surface area (TPSA) is 54.0 Å². The zero-order valence-corrected chi connectivity index (χ0v) is 17.7. The summed E-state index contributed by atoms with van der Waals surface area (Å²) < 4.78 is 22.3.